The predicted molar refractivity (Wildman–Crippen MR) is 118 cm³/mol. The second-order valence-electron chi connectivity index (χ2n) is 6.83. The highest BCUT2D eigenvalue weighted by atomic mass is 32.1. The van der Waals surface area contributed by atoms with Gasteiger partial charge in [0, 0.05) is 18.5 Å². The number of hydrogen-bond donors (Lipinski definition) is 1. The first-order valence-corrected chi connectivity index (χ1v) is 10.6. The Morgan fingerprint density at radius 3 is 2.48 bits per heavy atom. The minimum absolute atomic E-state index is 0.133. The van der Waals surface area contributed by atoms with Gasteiger partial charge >= 0.3 is 5.97 Å². The van der Waals surface area contributed by atoms with Crippen molar-refractivity contribution >= 4 is 40.5 Å². The molecule has 1 aromatic heterocycles. The molecule has 156 valence electrons. The van der Waals surface area contributed by atoms with E-state index in [1.165, 1.54) is 16.3 Å². The molecule has 3 aromatic rings. The summed E-state index contributed by atoms with van der Waals surface area (Å²) < 4.78 is 5.40. The quantitative estimate of drug-likeness (QED) is 0.469. The number of ether oxygens (including phenoxy) is 1. The first-order chi connectivity index (χ1) is 15.1. The molecule has 4 rings (SSSR count). The van der Waals surface area contributed by atoms with Crippen LogP contribution < -0.4 is 10.1 Å². The zero-order valence-corrected chi connectivity index (χ0v) is 17.3. The van der Waals surface area contributed by atoms with Gasteiger partial charge in [-0.15, -0.1) is 11.3 Å². The van der Waals surface area contributed by atoms with Crippen LogP contribution in [-0.2, 0) is 16.1 Å². The number of esters is 1. The molecule has 0 aliphatic carbocycles. The number of carbonyl (C=O) groups is 3. The van der Waals surface area contributed by atoms with Crippen molar-refractivity contribution in [1.29, 1.82) is 0 Å². The van der Waals surface area contributed by atoms with Gasteiger partial charge in [-0.1, -0.05) is 36.4 Å². The summed E-state index contributed by atoms with van der Waals surface area (Å²) in [6.07, 6.45) is 0.437. The van der Waals surface area contributed by atoms with Crippen LogP contribution in [0.5, 0.6) is 5.75 Å². The molecule has 0 radical (unpaired) electrons. The van der Waals surface area contributed by atoms with Crippen LogP contribution in [0.2, 0.25) is 0 Å². The van der Waals surface area contributed by atoms with Crippen LogP contribution in [0, 0.1) is 0 Å². The molecule has 7 nitrogen and oxygen atoms in total. The SMILES string of the molecule is O=C(Oc1ccc(NC(=O)c2cccs2)cc1)C1=NN(Cc2ccccc2)C(=O)CC1. The number of carbonyl (C=O) groups excluding carboxylic acids is 3. The molecule has 0 bridgehead atoms. The lowest BCUT2D eigenvalue weighted by Crippen LogP contribution is -2.35. The molecule has 1 N–H and O–H groups in total. The van der Waals surface area contributed by atoms with E-state index >= 15 is 0 Å². The van der Waals surface area contributed by atoms with E-state index in [4.69, 9.17) is 4.74 Å². The minimum atomic E-state index is -0.596. The maximum Gasteiger partial charge on any atom is 0.359 e. The Morgan fingerprint density at radius 2 is 1.77 bits per heavy atom. The Morgan fingerprint density at radius 1 is 1.00 bits per heavy atom. The van der Waals surface area contributed by atoms with Crippen molar-refractivity contribution < 1.29 is 19.1 Å². The van der Waals surface area contributed by atoms with Gasteiger partial charge in [0.1, 0.15) is 11.5 Å². The number of anilines is 1. The van der Waals surface area contributed by atoms with Crippen molar-refractivity contribution in [3.63, 3.8) is 0 Å². The summed E-state index contributed by atoms with van der Waals surface area (Å²) in [5.74, 6) is -0.597. The van der Waals surface area contributed by atoms with Gasteiger partial charge in [-0.3, -0.25) is 9.59 Å². The standard InChI is InChI=1S/C23H19N3O4S/c27-21-13-12-19(25-26(21)15-16-5-2-1-3-6-16)23(29)30-18-10-8-17(9-11-18)24-22(28)20-7-4-14-31-20/h1-11,14H,12-13,15H2,(H,24,28). The van der Waals surface area contributed by atoms with Gasteiger partial charge in [0.2, 0.25) is 5.91 Å². The van der Waals surface area contributed by atoms with E-state index in [0.29, 0.717) is 22.9 Å². The number of hydrogen-bond acceptors (Lipinski definition) is 6. The smallest absolute Gasteiger partial charge is 0.359 e. The Labute approximate surface area is 183 Å². The Bertz CT molecular complexity index is 1110. The molecule has 0 fully saturated rings. The van der Waals surface area contributed by atoms with E-state index in [-0.39, 0.29) is 30.4 Å². The van der Waals surface area contributed by atoms with E-state index in [9.17, 15) is 14.4 Å². The van der Waals surface area contributed by atoms with Crippen molar-refractivity contribution in [2.45, 2.75) is 19.4 Å². The zero-order valence-electron chi connectivity index (χ0n) is 16.5. The minimum Gasteiger partial charge on any atom is -0.422 e. The van der Waals surface area contributed by atoms with Gasteiger partial charge in [-0.05, 0) is 41.3 Å². The third-order valence-electron chi connectivity index (χ3n) is 4.58. The molecule has 2 aromatic carbocycles. The van der Waals surface area contributed by atoms with E-state index < -0.39 is 5.97 Å². The number of benzene rings is 2. The fraction of sp³-hybridized carbons (Fsp3) is 0.130. The summed E-state index contributed by atoms with van der Waals surface area (Å²) in [6, 6.07) is 19.5. The number of nitrogens with zero attached hydrogens (tertiary/aromatic N) is 2. The topological polar surface area (TPSA) is 88.1 Å². The summed E-state index contributed by atoms with van der Waals surface area (Å²) in [6.45, 7) is 0.301. The van der Waals surface area contributed by atoms with E-state index in [1.807, 2.05) is 41.8 Å². The van der Waals surface area contributed by atoms with Crippen LogP contribution in [0.1, 0.15) is 28.1 Å². The molecule has 0 saturated carbocycles. The van der Waals surface area contributed by atoms with Gasteiger partial charge in [-0.25, -0.2) is 9.80 Å². The Kier molecular flexibility index (Phi) is 6.18. The molecule has 31 heavy (non-hydrogen) atoms. The van der Waals surface area contributed by atoms with Crippen LogP contribution in [0.4, 0.5) is 5.69 Å². The van der Waals surface area contributed by atoms with Crippen LogP contribution in [0.25, 0.3) is 0 Å². The lowest BCUT2D eigenvalue weighted by Gasteiger charge is -2.22. The lowest BCUT2D eigenvalue weighted by atomic mass is 10.1. The zero-order chi connectivity index (χ0) is 21.6. The predicted octanol–water partition coefficient (Wildman–Crippen LogP) is 4.08. The molecule has 2 heterocycles. The van der Waals surface area contributed by atoms with Crippen molar-refractivity contribution in [3.8, 4) is 5.75 Å². The first kappa shape index (κ1) is 20.5. The number of nitrogens with one attached hydrogen (secondary N) is 1. The average Bonchev–Trinajstić information content (AvgIpc) is 3.32. The number of rotatable bonds is 6. The largest absolute Gasteiger partial charge is 0.422 e. The molecule has 0 unspecified atom stereocenters. The summed E-state index contributed by atoms with van der Waals surface area (Å²) >= 11 is 1.36. The maximum absolute atomic E-state index is 12.5. The molecule has 8 heteroatoms. The van der Waals surface area contributed by atoms with Gasteiger partial charge < -0.3 is 10.1 Å². The molecule has 0 saturated heterocycles. The molecule has 0 spiro atoms. The lowest BCUT2D eigenvalue weighted by molar-refractivity contribution is -0.133. The number of hydrazone groups is 1. The third-order valence-corrected chi connectivity index (χ3v) is 5.45. The molecular weight excluding hydrogens is 414 g/mol. The van der Waals surface area contributed by atoms with Gasteiger partial charge in [0.05, 0.1) is 11.4 Å². The second-order valence-corrected chi connectivity index (χ2v) is 7.78. The fourth-order valence-corrected chi connectivity index (χ4v) is 3.62. The van der Waals surface area contributed by atoms with Crippen LogP contribution in [0.3, 0.4) is 0 Å². The molecule has 2 amide bonds. The van der Waals surface area contributed by atoms with Crippen LogP contribution >= 0.6 is 11.3 Å². The van der Waals surface area contributed by atoms with E-state index in [2.05, 4.69) is 10.4 Å². The summed E-state index contributed by atoms with van der Waals surface area (Å²) in [4.78, 5) is 37.4. The van der Waals surface area contributed by atoms with Crippen molar-refractivity contribution in [2.24, 2.45) is 5.10 Å². The highest BCUT2D eigenvalue weighted by Gasteiger charge is 2.26. The van der Waals surface area contributed by atoms with Crippen molar-refractivity contribution in [1.82, 2.24) is 5.01 Å². The Hall–Kier alpha value is -3.78. The highest BCUT2D eigenvalue weighted by molar-refractivity contribution is 7.12. The third kappa shape index (κ3) is 5.23. The Balaban J connectivity index is 1.38. The first-order valence-electron chi connectivity index (χ1n) is 9.67. The number of thiophene rings is 1. The second kappa shape index (κ2) is 9.36. The molecule has 0 atom stereocenters. The maximum atomic E-state index is 12.5. The average molecular weight is 433 g/mol. The summed E-state index contributed by atoms with van der Waals surface area (Å²) in [7, 11) is 0. The van der Waals surface area contributed by atoms with Crippen LogP contribution in [-0.4, -0.2) is 28.5 Å². The normalized spacial score (nSPS) is 13.5. The van der Waals surface area contributed by atoms with Crippen molar-refractivity contribution in [2.75, 3.05) is 5.32 Å². The highest BCUT2D eigenvalue weighted by Crippen LogP contribution is 2.19. The molecule has 1 aliphatic rings. The van der Waals surface area contributed by atoms with Crippen LogP contribution in [0.15, 0.2) is 77.2 Å². The molecular formula is C23H19N3O4S. The van der Waals surface area contributed by atoms with Gasteiger partial charge in [0.25, 0.3) is 5.91 Å². The number of amides is 2. The monoisotopic (exact) mass is 433 g/mol. The van der Waals surface area contributed by atoms with Crippen molar-refractivity contribution in [3.05, 3.63) is 82.6 Å². The van der Waals surface area contributed by atoms with E-state index in [1.54, 1.807) is 30.3 Å². The van der Waals surface area contributed by atoms with E-state index in [0.717, 1.165) is 5.56 Å². The summed E-state index contributed by atoms with van der Waals surface area (Å²) in [5.41, 5.74) is 1.72. The van der Waals surface area contributed by atoms with Gasteiger partial charge in [-0.2, -0.15) is 5.10 Å². The molecule has 1 aliphatic heterocycles. The fourth-order valence-electron chi connectivity index (χ4n) is 3.00. The van der Waals surface area contributed by atoms with Gasteiger partial charge in [0.15, 0.2) is 0 Å². The summed E-state index contributed by atoms with van der Waals surface area (Å²) in [5, 5.41) is 10.1.